The topological polar surface area (TPSA) is 27.0 Å². The van der Waals surface area contributed by atoms with Crippen molar-refractivity contribution in [1.82, 2.24) is 4.90 Å². The quantitative estimate of drug-likeness (QED) is 0.838. The molecule has 0 heterocycles. The van der Waals surface area contributed by atoms with Crippen LogP contribution in [0.2, 0.25) is 5.02 Å². The van der Waals surface area contributed by atoms with Gasteiger partial charge in [0.25, 0.3) is 0 Å². The first-order valence-electron chi connectivity index (χ1n) is 5.72. The van der Waals surface area contributed by atoms with Crippen LogP contribution in [-0.4, -0.2) is 23.7 Å². The van der Waals surface area contributed by atoms with Crippen LogP contribution >= 0.6 is 11.6 Å². The summed E-state index contributed by atoms with van der Waals surface area (Å²) < 4.78 is 37.4. The standard InChI is InChI=1S/C13H14ClF3N2/c1-9(2)19(8-13(15,16)17)7-11-4-3-10(6-18)5-12(11)14/h3-5,9H,7-8H2,1-2H3. The van der Waals surface area contributed by atoms with Gasteiger partial charge in [0, 0.05) is 17.6 Å². The Labute approximate surface area is 115 Å². The van der Waals surface area contributed by atoms with Gasteiger partial charge in [-0.25, -0.2) is 0 Å². The molecule has 0 bridgehead atoms. The predicted octanol–water partition coefficient (Wildman–Crippen LogP) is 3.98. The molecule has 0 spiro atoms. The van der Waals surface area contributed by atoms with Crippen molar-refractivity contribution < 1.29 is 13.2 Å². The Kier molecular flexibility index (Phi) is 5.21. The highest BCUT2D eigenvalue weighted by Gasteiger charge is 2.31. The third-order valence-electron chi connectivity index (χ3n) is 2.67. The van der Waals surface area contributed by atoms with Gasteiger partial charge in [0.1, 0.15) is 0 Å². The van der Waals surface area contributed by atoms with Crippen LogP contribution in [-0.2, 0) is 6.54 Å². The first-order valence-corrected chi connectivity index (χ1v) is 6.10. The van der Waals surface area contributed by atoms with E-state index in [0.29, 0.717) is 16.1 Å². The van der Waals surface area contributed by atoms with Crippen molar-refractivity contribution in [2.75, 3.05) is 6.54 Å². The van der Waals surface area contributed by atoms with Gasteiger partial charge in [-0.15, -0.1) is 0 Å². The number of benzene rings is 1. The molecule has 0 aliphatic heterocycles. The van der Waals surface area contributed by atoms with Crippen molar-refractivity contribution in [1.29, 1.82) is 5.26 Å². The molecule has 1 aromatic rings. The number of halogens is 4. The highest BCUT2D eigenvalue weighted by molar-refractivity contribution is 6.31. The third kappa shape index (κ3) is 5.09. The number of nitriles is 1. The molecule has 0 saturated carbocycles. The summed E-state index contributed by atoms with van der Waals surface area (Å²) in [5.41, 5.74) is 0.972. The zero-order chi connectivity index (χ0) is 14.6. The molecule has 0 amide bonds. The van der Waals surface area contributed by atoms with Gasteiger partial charge in [-0.1, -0.05) is 17.7 Å². The monoisotopic (exact) mass is 290 g/mol. The number of nitrogens with zero attached hydrogens (tertiary/aromatic N) is 2. The molecular formula is C13H14ClF3N2. The van der Waals surface area contributed by atoms with E-state index >= 15 is 0 Å². The van der Waals surface area contributed by atoms with Gasteiger partial charge in [0.05, 0.1) is 18.2 Å². The number of rotatable bonds is 4. The average molecular weight is 291 g/mol. The second-order valence-electron chi connectivity index (χ2n) is 4.53. The third-order valence-corrected chi connectivity index (χ3v) is 3.02. The summed E-state index contributed by atoms with van der Waals surface area (Å²) in [6.45, 7) is 2.51. The van der Waals surface area contributed by atoms with Gasteiger partial charge in [-0.05, 0) is 31.5 Å². The van der Waals surface area contributed by atoms with Crippen molar-refractivity contribution in [3.05, 3.63) is 34.3 Å². The van der Waals surface area contributed by atoms with Crippen LogP contribution in [0, 0.1) is 11.3 Å². The van der Waals surface area contributed by atoms with E-state index in [1.807, 2.05) is 6.07 Å². The number of hydrogen-bond acceptors (Lipinski definition) is 2. The van der Waals surface area contributed by atoms with Gasteiger partial charge >= 0.3 is 6.18 Å². The Morgan fingerprint density at radius 2 is 2.00 bits per heavy atom. The van der Waals surface area contributed by atoms with Crippen molar-refractivity contribution >= 4 is 11.6 Å². The van der Waals surface area contributed by atoms with Gasteiger partial charge < -0.3 is 0 Å². The van der Waals surface area contributed by atoms with Gasteiger partial charge in [-0.3, -0.25) is 4.90 Å². The summed E-state index contributed by atoms with van der Waals surface area (Å²) in [6.07, 6.45) is -4.25. The smallest absolute Gasteiger partial charge is 0.288 e. The summed E-state index contributed by atoms with van der Waals surface area (Å²) in [5, 5.41) is 9.02. The lowest BCUT2D eigenvalue weighted by Gasteiger charge is -2.27. The van der Waals surface area contributed by atoms with E-state index in [1.54, 1.807) is 26.0 Å². The van der Waals surface area contributed by atoms with Crippen molar-refractivity contribution in [3.8, 4) is 6.07 Å². The van der Waals surface area contributed by atoms with E-state index in [9.17, 15) is 13.2 Å². The lowest BCUT2D eigenvalue weighted by atomic mass is 10.1. The minimum atomic E-state index is -4.25. The van der Waals surface area contributed by atoms with Crippen LogP contribution in [0.15, 0.2) is 18.2 Å². The second-order valence-corrected chi connectivity index (χ2v) is 4.94. The van der Waals surface area contributed by atoms with E-state index in [2.05, 4.69) is 0 Å². The molecule has 2 nitrogen and oxygen atoms in total. The molecule has 104 valence electrons. The molecule has 19 heavy (non-hydrogen) atoms. The molecule has 0 aromatic heterocycles. The summed E-state index contributed by atoms with van der Waals surface area (Å²) in [7, 11) is 0. The summed E-state index contributed by atoms with van der Waals surface area (Å²) in [6, 6.07) is 6.28. The summed E-state index contributed by atoms with van der Waals surface area (Å²) in [4.78, 5) is 1.28. The molecule has 0 saturated heterocycles. The molecule has 0 aliphatic rings. The van der Waals surface area contributed by atoms with E-state index in [1.165, 1.54) is 11.0 Å². The fourth-order valence-corrected chi connectivity index (χ4v) is 1.86. The molecule has 0 N–H and O–H groups in total. The van der Waals surface area contributed by atoms with E-state index < -0.39 is 12.7 Å². The van der Waals surface area contributed by atoms with Gasteiger partial charge in [-0.2, -0.15) is 18.4 Å². The predicted molar refractivity (Wildman–Crippen MR) is 67.8 cm³/mol. The first kappa shape index (κ1) is 15.8. The molecule has 0 fully saturated rings. The Morgan fingerprint density at radius 1 is 1.37 bits per heavy atom. The highest BCUT2D eigenvalue weighted by Crippen LogP contribution is 2.23. The Hall–Kier alpha value is -1.25. The molecule has 1 aromatic carbocycles. The van der Waals surface area contributed by atoms with Crippen LogP contribution in [0.25, 0.3) is 0 Å². The van der Waals surface area contributed by atoms with Crippen LogP contribution in [0.3, 0.4) is 0 Å². The molecule has 0 aliphatic carbocycles. The molecule has 6 heteroatoms. The minimum absolute atomic E-state index is 0.0989. The van der Waals surface area contributed by atoms with Crippen LogP contribution in [0.4, 0.5) is 13.2 Å². The molecule has 0 radical (unpaired) electrons. The lowest BCUT2D eigenvalue weighted by Crippen LogP contribution is -2.38. The van der Waals surface area contributed by atoms with Crippen molar-refractivity contribution in [3.63, 3.8) is 0 Å². The lowest BCUT2D eigenvalue weighted by molar-refractivity contribution is -0.150. The average Bonchev–Trinajstić information content (AvgIpc) is 2.28. The Bertz CT molecular complexity index is 478. The van der Waals surface area contributed by atoms with E-state index in [0.717, 1.165) is 0 Å². The molecule has 0 unspecified atom stereocenters. The van der Waals surface area contributed by atoms with Crippen molar-refractivity contribution in [2.45, 2.75) is 32.6 Å². The molecular weight excluding hydrogens is 277 g/mol. The van der Waals surface area contributed by atoms with Gasteiger partial charge in [0.2, 0.25) is 0 Å². The maximum Gasteiger partial charge on any atom is 0.401 e. The van der Waals surface area contributed by atoms with Gasteiger partial charge in [0.15, 0.2) is 0 Å². The normalized spacial score (nSPS) is 11.9. The zero-order valence-corrected chi connectivity index (χ0v) is 11.4. The van der Waals surface area contributed by atoms with Crippen LogP contribution in [0.5, 0.6) is 0 Å². The fourth-order valence-electron chi connectivity index (χ4n) is 1.62. The zero-order valence-electron chi connectivity index (χ0n) is 10.6. The van der Waals surface area contributed by atoms with Crippen molar-refractivity contribution in [2.24, 2.45) is 0 Å². The number of alkyl halides is 3. The molecule has 0 atom stereocenters. The first-order chi connectivity index (χ1) is 8.73. The second kappa shape index (κ2) is 6.27. The van der Waals surface area contributed by atoms with Crippen LogP contribution in [0.1, 0.15) is 25.0 Å². The Morgan fingerprint density at radius 3 is 2.42 bits per heavy atom. The maximum absolute atomic E-state index is 12.5. The van der Waals surface area contributed by atoms with E-state index in [4.69, 9.17) is 16.9 Å². The summed E-state index contributed by atoms with van der Waals surface area (Å²) in [5.74, 6) is 0. The maximum atomic E-state index is 12.5. The van der Waals surface area contributed by atoms with Crippen LogP contribution < -0.4 is 0 Å². The SMILES string of the molecule is CC(C)N(Cc1ccc(C#N)cc1Cl)CC(F)(F)F. The largest absolute Gasteiger partial charge is 0.401 e. The number of hydrogen-bond donors (Lipinski definition) is 0. The minimum Gasteiger partial charge on any atom is -0.288 e. The highest BCUT2D eigenvalue weighted by atomic mass is 35.5. The summed E-state index contributed by atoms with van der Waals surface area (Å²) >= 11 is 5.97. The fraction of sp³-hybridized carbons (Fsp3) is 0.462. The Balaban J connectivity index is 2.89. The molecule has 1 rings (SSSR count). The van der Waals surface area contributed by atoms with E-state index in [-0.39, 0.29) is 12.6 Å².